The van der Waals surface area contributed by atoms with Crippen LogP contribution in [-0.4, -0.2) is 5.78 Å². The van der Waals surface area contributed by atoms with Crippen molar-refractivity contribution < 1.29 is 9.18 Å². The van der Waals surface area contributed by atoms with Gasteiger partial charge in [-0.15, -0.1) is 0 Å². The Hall–Kier alpha value is -1.96. The molecule has 0 unspecified atom stereocenters. The molecule has 0 aliphatic rings. The minimum Gasteiger partial charge on any atom is -0.289 e. The number of aryl methyl sites for hydroxylation is 3. The van der Waals surface area contributed by atoms with Crippen LogP contribution in [0.1, 0.15) is 32.6 Å². The summed E-state index contributed by atoms with van der Waals surface area (Å²) in [6, 6.07) is 9.97. The van der Waals surface area contributed by atoms with Crippen LogP contribution in [0.15, 0.2) is 36.4 Å². The molecule has 0 radical (unpaired) electrons. The first-order valence-electron chi connectivity index (χ1n) is 5.86. The highest BCUT2D eigenvalue weighted by Gasteiger charge is 2.13. The molecule has 2 aromatic rings. The van der Waals surface area contributed by atoms with E-state index in [4.69, 9.17) is 0 Å². The molecule has 0 saturated carbocycles. The number of ketones is 1. The summed E-state index contributed by atoms with van der Waals surface area (Å²) in [6.07, 6.45) is 0. The molecule has 0 amide bonds. The van der Waals surface area contributed by atoms with Crippen LogP contribution >= 0.6 is 0 Å². The minimum absolute atomic E-state index is 0.126. The normalized spacial score (nSPS) is 10.4. The molecule has 18 heavy (non-hydrogen) atoms. The second kappa shape index (κ2) is 4.73. The van der Waals surface area contributed by atoms with Gasteiger partial charge in [0.1, 0.15) is 5.82 Å². The van der Waals surface area contributed by atoms with Crippen molar-refractivity contribution in [1.29, 1.82) is 0 Å². The van der Waals surface area contributed by atoms with Gasteiger partial charge in [-0.1, -0.05) is 23.3 Å². The molecule has 1 nitrogen and oxygen atoms in total. The molecular weight excluding hydrogens is 227 g/mol. The first-order chi connectivity index (χ1) is 8.47. The summed E-state index contributed by atoms with van der Waals surface area (Å²) < 4.78 is 13.2. The number of rotatable bonds is 2. The third kappa shape index (κ3) is 2.48. The highest BCUT2D eigenvalue weighted by Crippen LogP contribution is 2.17. The fraction of sp³-hybridized carbons (Fsp3) is 0.188. The van der Waals surface area contributed by atoms with Crippen molar-refractivity contribution in [2.24, 2.45) is 0 Å². The zero-order valence-corrected chi connectivity index (χ0v) is 10.8. The number of hydrogen-bond acceptors (Lipinski definition) is 1. The van der Waals surface area contributed by atoms with Crippen molar-refractivity contribution in [2.75, 3.05) is 0 Å². The van der Waals surface area contributed by atoms with Crippen LogP contribution in [0.25, 0.3) is 0 Å². The van der Waals surface area contributed by atoms with E-state index in [1.54, 1.807) is 6.07 Å². The summed E-state index contributed by atoms with van der Waals surface area (Å²) in [6.45, 7) is 5.71. The maximum Gasteiger partial charge on any atom is 0.193 e. The molecule has 0 atom stereocenters. The highest BCUT2D eigenvalue weighted by atomic mass is 19.1. The van der Waals surface area contributed by atoms with Crippen molar-refractivity contribution in [2.45, 2.75) is 20.8 Å². The fourth-order valence-corrected chi connectivity index (χ4v) is 2.10. The third-order valence-corrected chi connectivity index (χ3v) is 2.93. The molecule has 0 bridgehead atoms. The predicted octanol–water partition coefficient (Wildman–Crippen LogP) is 3.98. The summed E-state index contributed by atoms with van der Waals surface area (Å²) in [5.74, 6) is -0.507. The molecule has 0 N–H and O–H groups in total. The molecule has 0 aliphatic heterocycles. The number of carbonyl (C=O) groups excluding carboxylic acids is 1. The number of benzene rings is 2. The predicted molar refractivity (Wildman–Crippen MR) is 70.5 cm³/mol. The molecule has 2 rings (SSSR count). The quantitative estimate of drug-likeness (QED) is 0.728. The fourth-order valence-electron chi connectivity index (χ4n) is 2.10. The summed E-state index contributed by atoms with van der Waals surface area (Å²) >= 11 is 0. The third-order valence-electron chi connectivity index (χ3n) is 2.93. The van der Waals surface area contributed by atoms with Crippen molar-refractivity contribution >= 4 is 5.78 Å². The molecule has 0 spiro atoms. The molecule has 92 valence electrons. The van der Waals surface area contributed by atoms with Crippen LogP contribution in [0.3, 0.4) is 0 Å². The molecule has 0 aromatic heterocycles. The second-order valence-electron chi connectivity index (χ2n) is 4.66. The highest BCUT2D eigenvalue weighted by molar-refractivity contribution is 6.10. The summed E-state index contributed by atoms with van der Waals surface area (Å²) in [5.41, 5.74) is 3.90. The van der Waals surface area contributed by atoms with Gasteiger partial charge in [0.2, 0.25) is 0 Å². The van der Waals surface area contributed by atoms with E-state index >= 15 is 0 Å². The van der Waals surface area contributed by atoms with E-state index in [0.29, 0.717) is 11.1 Å². The van der Waals surface area contributed by atoms with Gasteiger partial charge in [0.15, 0.2) is 5.78 Å². The molecule has 2 aromatic carbocycles. The van der Waals surface area contributed by atoms with E-state index in [0.717, 1.165) is 16.7 Å². The molecule has 0 saturated heterocycles. The zero-order chi connectivity index (χ0) is 13.3. The number of hydrogen-bond donors (Lipinski definition) is 0. The van der Waals surface area contributed by atoms with Gasteiger partial charge >= 0.3 is 0 Å². The summed E-state index contributed by atoms with van der Waals surface area (Å²) in [4.78, 5) is 12.4. The average Bonchev–Trinajstić information content (AvgIpc) is 2.30. The van der Waals surface area contributed by atoms with Gasteiger partial charge in [0.05, 0.1) is 0 Å². The van der Waals surface area contributed by atoms with Crippen LogP contribution in [0.4, 0.5) is 4.39 Å². The van der Waals surface area contributed by atoms with Gasteiger partial charge in [-0.05, 0) is 50.6 Å². The molecule has 0 heterocycles. The SMILES string of the molecule is Cc1cc(C)cc(C(=O)c2cc(F)ccc2C)c1. The van der Waals surface area contributed by atoms with Gasteiger partial charge in [-0.3, -0.25) is 4.79 Å². The maximum absolute atomic E-state index is 13.2. The lowest BCUT2D eigenvalue weighted by Gasteiger charge is -2.07. The Morgan fingerprint density at radius 3 is 2.17 bits per heavy atom. The Bertz CT molecular complexity index is 594. The van der Waals surface area contributed by atoms with E-state index in [9.17, 15) is 9.18 Å². The molecular formula is C16H15FO. The Labute approximate surface area is 106 Å². The van der Waals surface area contributed by atoms with E-state index in [-0.39, 0.29) is 11.6 Å². The van der Waals surface area contributed by atoms with E-state index in [1.165, 1.54) is 12.1 Å². The van der Waals surface area contributed by atoms with Crippen LogP contribution in [0.2, 0.25) is 0 Å². The van der Waals surface area contributed by atoms with Gasteiger partial charge < -0.3 is 0 Å². The Kier molecular flexibility index (Phi) is 3.28. The topological polar surface area (TPSA) is 17.1 Å². The van der Waals surface area contributed by atoms with Gasteiger partial charge in [-0.2, -0.15) is 0 Å². The molecule has 0 fully saturated rings. The monoisotopic (exact) mass is 242 g/mol. The second-order valence-corrected chi connectivity index (χ2v) is 4.66. The Morgan fingerprint density at radius 2 is 1.56 bits per heavy atom. The van der Waals surface area contributed by atoms with Crippen molar-refractivity contribution in [1.82, 2.24) is 0 Å². The zero-order valence-electron chi connectivity index (χ0n) is 10.8. The standard InChI is InChI=1S/C16H15FO/c1-10-6-11(2)8-13(7-10)16(18)15-9-14(17)5-4-12(15)3/h4-9H,1-3H3. The van der Waals surface area contributed by atoms with Crippen molar-refractivity contribution in [3.05, 3.63) is 70.0 Å². The van der Waals surface area contributed by atoms with Gasteiger partial charge in [0, 0.05) is 11.1 Å². The van der Waals surface area contributed by atoms with Crippen LogP contribution in [0.5, 0.6) is 0 Å². The number of halogens is 1. The van der Waals surface area contributed by atoms with E-state index in [1.807, 2.05) is 39.0 Å². The smallest absolute Gasteiger partial charge is 0.193 e. The average molecular weight is 242 g/mol. The van der Waals surface area contributed by atoms with Crippen LogP contribution < -0.4 is 0 Å². The minimum atomic E-state index is -0.381. The molecule has 0 aliphatic carbocycles. The Morgan fingerprint density at radius 1 is 0.944 bits per heavy atom. The van der Waals surface area contributed by atoms with Crippen LogP contribution in [0, 0.1) is 26.6 Å². The Balaban J connectivity index is 2.51. The van der Waals surface area contributed by atoms with E-state index < -0.39 is 0 Å². The van der Waals surface area contributed by atoms with Crippen molar-refractivity contribution in [3.63, 3.8) is 0 Å². The lowest BCUT2D eigenvalue weighted by Crippen LogP contribution is -2.05. The van der Waals surface area contributed by atoms with Gasteiger partial charge in [0.25, 0.3) is 0 Å². The lowest BCUT2D eigenvalue weighted by molar-refractivity contribution is 0.103. The first-order valence-corrected chi connectivity index (χ1v) is 5.86. The van der Waals surface area contributed by atoms with Crippen LogP contribution in [-0.2, 0) is 0 Å². The maximum atomic E-state index is 13.2. The van der Waals surface area contributed by atoms with E-state index in [2.05, 4.69) is 0 Å². The van der Waals surface area contributed by atoms with Crippen molar-refractivity contribution in [3.8, 4) is 0 Å². The lowest BCUT2D eigenvalue weighted by atomic mass is 9.96. The largest absolute Gasteiger partial charge is 0.289 e. The molecule has 2 heteroatoms. The van der Waals surface area contributed by atoms with Gasteiger partial charge in [-0.25, -0.2) is 4.39 Å². The first kappa shape index (κ1) is 12.5. The number of carbonyl (C=O) groups is 1. The summed E-state index contributed by atoms with van der Waals surface area (Å²) in [7, 11) is 0. The summed E-state index contributed by atoms with van der Waals surface area (Å²) in [5, 5.41) is 0.